The van der Waals surface area contributed by atoms with E-state index < -0.39 is 0 Å². The third-order valence-corrected chi connectivity index (χ3v) is 6.16. The molecule has 2 fully saturated rings. The van der Waals surface area contributed by atoms with Crippen LogP contribution in [0.3, 0.4) is 0 Å². The number of para-hydroxylation sites is 1. The van der Waals surface area contributed by atoms with E-state index in [-0.39, 0.29) is 24.5 Å². The van der Waals surface area contributed by atoms with Gasteiger partial charge in [0.2, 0.25) is 5.91 Å². The van der Waals surface area contributed by atoms with Crippen LogP contribution in [0.25, 0.3) is 17.0 Å². The minimum absolute atomic E-state index is 0.0501. The topological polar surface area (TPSA) is 75.6 Å². The van der Waals surface area contributed by atoms with Gasteiger partial charge in [-0.1, -0.05) is 25.1 Å². The Labute approximate surface area is 187 Å². The van der Waals surface area contributed by atoms with Crippen LogP contribution in [-0.2, 0) is 27.3 Å². The summed E-state index contributed by atoms with van der Waals surface area (Å²) in [5.41, 5.74) is 3.51. The van der Waals surface area contributed by atoms with E-state index in [9.17, 15) is 9.59 Å². The maximum atomic E-state index is 12.7. The number of amides is 2. The predicted molar refractivity (Wildman–Crippen MR) is 124 cm³/mol. The zero-order chi connectivity index (χ0) is 22.0. The number of benzene rings is 1. The molecule has 0 saturated carbocycles. The summed E-state index contributed by atoms with van der Waals surface area (Å²) in [6.07, 6.45) is 6.76. The van der Waals surface area contributed by atoms with Gasteiger partial charge < -0.3 is 19.9 Å². The van der Waals surface area contributed by atoms with Crippen molar-refractivity contribution in [2.24, 2.45) is 0 Å². The molecule has 0 bridgehead atoms. The molecule has 4 rings (SSSR count). The fraction of sp³-hybridized carbons (Fsp3) is 0.435. The number of carbonyl (C=O) groups is 2. The van der Waals surface area contributed by atoms with E-state index in [1.807, 2.05) is 35.9 Å². The van der Waals surface area contributed by atoms with Gasteiger partial charge in [-0.15, -0.1) is 0 Å². The highest BCUT2D eigenvalue weighted by atomic mass is 32.1. The number of thiocarbonyl (C=S) groups is 1. The molecule has 2 aliphatic rings. The number of likely N-dealkylation sites (N-methyl/N-ethyl adjacent to an activating group) is 1. The first-order chi connectivity index (χ1) is 15.0. The fourth-order valence-electron chi connectivity index (χ4n) is 4.25. The Kier molecular flexibility index (Phi) is 6.38. The first-order valence-corrected chi connectivity index (χ1v) is 11.3. The van der Waals surface area contributed by atoms with E-state index in [2.05, 4.69) is 23.6 Å². The van der Waals surface area contributed by atoms with Crippen LogP contribution >= 0.6 is 12.2 Å². The van der Waals surface area contributed by atoms with Crippen LogP contribution in [0, 0.1) is 0 Å². The number of fused-ring (bicyclic) bond motifs is 1. The smallest absolute Gasteiger partial charge is 0.276 e. The normalized spacial score (nSPS) is 20.1. The number of aromatic nitrogens is 1. The van der Waals surface area contributed by atoms with Crippen LogP contribution < -0.4 is 10.6 Å². The summed E-state index contributed by atoms with van der Waals surface area (Å²) in [7, 11) is 0. The second kappa shape index (κ2) is 9.20. The molecule has 7 nitrogen and oxygen atoms in total. The quantitative estimate of drug-likeness (QED) is 0.511. The third kappa shape index (κ3) is 4.36. The minimum Gasteiger partial charge on any atom is -0.376 e. The molecule has 2 N–H and O–H groups in total. The third-order valence-electron chi connectivity index (χ3n) is 5.84. The van der Waals surface area contributed by atoms with Crippen molar-refractivity contribution in [1.29, 1.82) is 0 Å². The van der Waals surface area contributed by atoms with Crippen LogP contribution in [0.4, 0.5) is 0 Å². The molecule has 164 valence electrons. The van der Waals surface area contributed by atoms with Gasteiger partial charge in [-0.25, -0.2) is 0 Å². The second-order valence-corrected chi connectivity index (χ2v) is 8.24. The highest BCUT2D eigenvalue weighted by molar-refractivity contribution is 7.80. The Morgan fingerprint density at radius 2 is 2.23 bits per heavy atom. The van der Waals surface area contributed by atoms with Crippen molar-refractivity contribution < 1.29 is 14.3 Å². The molecule has 0 unspecified atom stereocenters. The Morgan fingerprint density at radius 1 is 1.39 bits per heavy atom. The molecule has 2 aliphatic heterocycles. The standard InChI is InChI=1S/C23H28N4O3S/c1-3-15-7-5-9-18-16(11-19-22(29)27(4-2)23(31)25-19)13-26(21(15)18)14-20(28)24-12-17-8-6-10-30-17/h5,7,9,11,13,17H,3-4,6,8,10,12,14H2,1-2H3,(H,24,28)(H,25,31)/b19-11-/t17-/m1/s1. The van der Waals surface area contributed by atoms with Crippen molar-refractivity contribution in [3.05, 3.63) is 41.2 Å². The summed E-state index contributed by atoms with van der Waals surface area (Å²) in [5, 5.41) is 7.44. The molecule has 1 aromatic carbocycles. The Bertz CT molecular complexity index is 1050. The maximum Gasteiger partial charge on any atom is 0.276 e. The molecular formula is C23H28N4O3S. The molecule has 2 amide bonds. The molecule has 2 aromatic rings. The van der Waals surface area contributed by atoms with Crippen molar-refractivity contribution >= 4 is 46.1 Å². The van der Waals surface area contributed by atoms with Crippen molar-refractivity contribution in [2.45, 2.75) is 45.8 Å². The van der Waals surface area contributed by atoms with Gasteiger partial charge >= 0.3 is 0 Å². The average molecular weight is 441 g/mol. The van der Waals surface area contributed by atoms with Crippen LogP contribution in [0.5, 0.6) is 0 Å². The number of hydrogen-bond donors (Lipinski definition) is 2. The SMILES string of the molecule is CCc1cccc2c(/C=C3\NC(=S)N(CC)C3=O)cn(CC(=O)NC[C@H]3CCCO3)c12. The molecule has 1 atom stereocenters. The molecule has 3 heterocycles. The van der Waals surface area contributed by atoms with Gasteiger partial charge in [-0.3, -0.25) is 14.5 Å². The summed E-state index contributed by atoms with van der Waals surface area (Å²) in [6.45, 7) is 6.04. The maximum absolute atomic E-state index is 12.7. The molecule has 0 spiro atoms. The predicted octanol–water partition coefficient (Wildman–Crippen LogP) is 2.58. The van der Waals surface area contributed by atoms with E-state index in [4.69, 9.17) is 17.0 Å². The van der Waals surface area contributed by atoms with Gasteiger partial charge in [-0.05, 0) is 50.0 Å². The molecule has 8 heteroatoms. The van der Waals surface area contributed by atoms with Gasteiger partial charge in [0.05, 0.1) is 11.6 Å². The number of aryl methyl sites for hydroxylation is 1. The highest BCUT2D eigenvalue weighted by Gasteiger charge is 2.29. The van der Waals surface area contributed by atoms with Gasteiger partial charge in [0.1, 0.15) is 12.2 Å². The zero-order valence-electron chi connectivity index (χ0n) is 17.9. The lowest BCUT2D eigenvalue weighted by atomic mass is 10.1. The Morgan fingerprint density at radius 3 is 2.90 bits per heavy atom. The van der Waals surface area contributed by atoms with E-state index >= 15 is 0 Å². The molecule has 1 aromatic heterocycles. The highest BCUT2D eigenvalue weighted by Crippen LogP contribution is 2.28. The van der Waals surface area contributed by atoms with Crippen LogP contribution in [-0.4, -0.2) is 52.2 Å². The van der Waals surface area contributed by atoms with Gasteiger partial charge in [0.25, 0.3) is 5.91 Å². The first-order valence-electron chi connectivity index (χ1n) is 10.8. The monoisotopic (exact) mass is 440 g/mol. The summed E-state index contributed by atoms with van der Waals surface area (Å²) in [6, 6.07) is 6.11. The number of ether oxygens (including phenoxy) is 1. The Hall–Kier alpha value is -2.71. The largest absolute Gasteiger partial charge is 0.376 e. The van der Waals surface area contributed by atoms with E-state index in [0.29, 0.717) is 23.9 Å². The molecular weight excluding hydrogens is 412 g/mol. The summed E-state index contributed by atoms with van der Waals surface area (Å²) >= 11 is 5.27. The number of hydrogen-bond acceptors (Lipinski definition) is 4. The summed E-state index contributed by atoms with van der Waals surface area (Å²) in [5.74, 6) is -0.180. The van der Waals surface area contributed by atoms with Crippen molar-refractivity contribution in [1.82, 2.24) is 20.1 Å². The number of nitrogens with one attached hydrogen (secondary N) is 2. The van der Waals surface area contributed by atoms with Crippen molar-refractivity contribution in [2.75, 3.05) is 19.7 Å². The van der Waals surface area contributed by atoms with E-state index in [1.54, 1.807) is 0 Å². The average Bonchev–Trinajstić information content (AvgIpc) is 3.46. The van der Waals surface area contributed by atoms with Gasteiger partial charge in [0, 0.05) is 36.8 Å². The van der Waals surface area contributed by atoms with Crippen LogP contribution in [0.1, 0.15) is 37.8 Å². The summed E-state index contributed by atoms with van der Waals surface area (Å²) in [4.78, 5) is 26.8. The number of nitrogens with zero attached hydrogens (tertiary/aromatic N) is 2. The number of rotatable bonds is 7. The molecule has 2 saturated heterocycles. The second-order valence-electron chi connectivity index (χ2n) is 7.86. The van der Waals surface area contributed by atoms with Crippen LogP contribution in [0.15, 0.2) is 30.1 Å². The van der Waals surface area contributed by atoms with E-state index in [1.165, 1.54) is 4.90 Å². The lowest BCUT2D eigenvalue weighted by Crippen LogP contribution is -2.34. The lowest BCUT2D eigenvalue weighted by Gasteiger charge is -2.12. The number of carbonyl (C=O) groups excluding carboxylic acids is 2. The van der Waals surface area contributed by atoms with E-state index in [0.717, 1.165) is 47.9 Å². The van der Waals surface area contributed by atoms with Gasteiger partial charge in [0.15, 0.2) is 5.11 Å². The zero-order valence-corrected chi connectivity index (χ0v) is 18.8. The van der Waals surface area contributed by atoms with Gasteiger partial charge in [-0.2, -0.15) is 0 Å². The lowest BCUT2D eigenvalue weighted by molar-refractivity contribution is -0.123. The van der Waals surface area contributed by atoms with Crippen LogP contribution in [0.2, 0.25) is 0 Å². The van der Waals surface area contributed by atoms with Crippen molar-refractivity contribution in [3.63, 3.8) is 0 Å². The minimum atomic E-state index is -0.130. The Balaban J connectivity index is 1.63. The fourth-order valence-corrected chi connectivity index (χ4v) is 4.57. The molecule has 0 radical (unpaired) electrons. The molecule has 31 heavy (non-hydrogen) atoms. The molecule has 0 aliphatic carbocycles. The first kappa shape index (κ1) is 21.5. The van der Waals surface area contributed by atoms with Crippen molar-refractivity contribution in [3.8, 4) is 0 Å². The summed E-state index contributed by atoms with van der Waals surface area (Å²) < 4.78 is 7.57.